The van der Waals surface area contributed by atoms with Crippen LogP contribution < -0.4 is 10.1 Å². The fraction of sp³-hybridized carbons (Fsp3) is 0.429. The predicted molar refractivity (Wildman–Crippen MR) is 70.6 cm³/mol. The van der Waals surface area contributed by atoms with Gasteiger partial charge < -0.3 is 19.9 Å². The van der Waals surface area contributed by atoms with Gasteiger partial charge in [-0.05, 0) is 11.6 Å². The van der Waals surface area contributed by atoms with E-state index >= 15 is 0 Å². The van der Waals surface area contributed by atoms with E-state index in [4.69, 9.17) is 14.6 Å². The minimum absolute atomic E-state index is 0.219. The number of nitrogens with one attached hydrogen (secondary N) is 1. The van der Waals surface area contributed by atoms with Crippen LogP contribution in [0.4, 0.5) is 0 Å². The number of methoxy groups -OCH3 is 1. The molecule has 2 rings (SSSR count). The lowest BCUT2D eigenvalue weighted by Gasteiger charge is -2.17. The fourth-order valence-corrected chi connectivity index (χ4v) is 2.09. The van der Waals surface area contributed by atoms with Crippen molar-refractivity contribution in [2.45, 2.75) is 25.0 Å². The molecule has 0 saturated carbocycles. The highest BCUT2D eigenvalue weighted by molar-refractivity contribution is 5.87. The van der Waals surface area contributed by atoms with Gasteiger partial charge in [0.05, 0.1) is 0 Å². The summed E-state index contributed by atoms with van der Waals surface area (Å²) in [4.78, 5) is 23.1. The van der Waals surface area contributed by atoms with E-state index in [1.165, 1.54) is 7.11 Å². The predicted octanol–water partition coefficient (Wildman–Crippen LogP) is 0.596. The normalized spacial score (nSPS) is 17.9. The number of ether oxygens (including phenoxy) is 2. The zero-order valence-electron chi connectivity index (χ0n) is 11.2. The topological polar surface area (TPSA) is 84.9 Å². The third-order valence-corrected chi connectivity index (χ3v) is 3.16. The molecule has 0 saturated heterocycles. The lowest BCUT2D eigenvalue weighted by molar-refractivity contribution is -0.143. The Balaban J connectivity index is 1.94. The number of amides is 1. The average Bonchev–Trinajstić information content (AvgIpc) is 2.86. The summed E-state index contributed by atoms with van der Waals surface area (Å²) in [5.74, 6) is -0.813. The smallest absolute Gasteiger partial charge is 0.326 e. The molecular weight excluding hydrogens is 262 g/mol. The number of benzene rings is 1. The van der Waals surface area contributed by atoms with Crippen LogP contribution in [-0.2, 0) is 20.7 Å². The molecule has 1 aliphatic heterocycles. The van der Waals surface area contributed by atoms with Crippen LogP contribution in [-0.4, -0.2) is 42.8 Å². The van der Waals surface area contributed by atoms with Crippen LogP contribution in [0.5, 0.6) is 5.75 Å². The molecule has 0 radical (unpaired) electrons. The van der Waals surface area contributed by atoms with Crippen LogP contribution in [0.1, 0.15) is 12.0 Å². The van der Waals surface area contributed by atoms with E-state index in [9.17, 15) is 9.59 Å². The fourth-order valence-electron chi connectivity index (χ4n) is 2.09. The first-order valence-electron chi connectivity index (χ1n) is 6.38. The Hall–Kier alpha value is -2.08. The van der Waals surface area contributed by atoms with Gasteiger partial charge in [0.25, 0.3) is 5.91 Å². The quantitative estimate of drug-likeness (QED) is 0.796. The lowest BCUT2D eigenvalue weighted by Crippen LogP contribution is -2.47. The van der Waals surface area contributed by atoms with Gasteiger partial charge in [-0.15, -0.1) is 0 Å². The molecule has 20 heavy (non-hydrogen) atoms. The maximum absolute atomic E-state index is 12.1. The zero-order chi connectivity index (χ0) is 14.5. The van der Waals surface area contributed by atoms with Crippen molar-refractivity contribution in [1.29, 1.82) is 0 Å². The first-order chi connectivity index (χ1) is 9.61. The van der Waals surface area contributed by atoms with Gasteiger partial charge in [-0.25, -0.2) is 4.79 Å². The molecule has 0 aliphatic carbocycles. The molecule has 1 amide bonds. The van der Waals surface area contributed by atoms with Crippen LogP contribution in [0.15, 0.2) is 24.3 Å². The molecule has 0 spiro atoms. The molecule has 0 fully saturated rings. The number of carbonyl (C=O) groups excluding carboxylic acids is 1. The first kappa shape index (κ1) is 14.3. The van der Waals surface area contributed by atoms with Gasteiger partial charge in [-0.2, -0.15) is 0 Å². The highest BCUT2D eigenvalue weighted by atomic mass is 16.5. The molecule has 1 aromatic rings. The minimum Gasteiger partial charge on any atom is -0.480 e. The first-order valence-corrected chi connectivity index (χ1v) is 6.38. The zero-order valence-corrected chi connectivity index (χ0v) is 11.2. The van der Waals surface area contributed by atoms with Gasteiger partial charge in [0, 0.05) is 26.6 Å². The summed E-state index contributed by atoms with van der Waals surface area (Å²) in [5, 5.41) is 11.5. The second-order valence-electron chi connectivity index (χ2n) is 4.60. The molecule has 108 valence electrons. The summed E-state index contributed by atoms with van der Waals surface area (Å²) < 4.78 is 10.4. The molecular formula is C14H17NO5. The van der Waals surface area contributed by atoms with Gasteiger partial charge in [0.2, 0.25) is 0 Å². The summed E-state index contributed by atoms with van der Waals surface area (Å²) in [6.45, 7) is 0.267. The number of carbonyl (C=O) groups is 2. The highest BCUT2D eigenvalue weighted by Gasteiger charge is 2.31. The Morgan fingerprint density at radius 3 is 2.90 bits per heavy atom. The van der Waals surface area contributed by atoms with Crippen molar-refractivity contribution in [3.05, 3.63) is 29.8 Å². The van der Waals surface area contributed by atoms with Crippen molar-refractivity contribution in [3.8, 4) is 5.75 Å². The molecule has 1 aromatic carbocycles. The summed E-state index contributed by atoms with van der Waals surface area (Å²) in [6, 6.07) is 6.43. The number of hydrogen-bond acceptors (Lipinski definition) is 4. The van der Waals surface area contributed by atoms with Crippen LogP contribution in [0.25, 0.3) is 0 Å². The third-order valence-electron chi connectivity index (χ3n) is 3.16. The van der Waals surface area contributed by atoms with E-state index in [2.05, 4.69) is 5.32 Å². The van der Waals surface area contributed by atoms with Crippen molar-refractivity contribution < 1.29 is 24.2 Å². The van der Waals surface area contributed by atoms with Crippen LogP contribution >= 0.6 is 0 Å². The van der Waals surface area contributed by atoms with Gasteiger partial charge >= 0.3 is 5.97 Å². The van der Waals surface area contributed by atoms with Gasteiger partial charge in [-0.3, -0.25) is 4.79 Å². The van der Waals surface area contributed by atoms with E-state index in [0.29, 0.717) is 12.2 Å². The molecule has 0 bridgehead atoms. The van der Waals surface area contributed by atoms with E-state index in [1.54, 1.807) is 6.07 Å². The standard InChI is InChI=1S/C14H17NO5/c1-19-7-6-10(14(17)18)15-13(16)12-8-9-4-2-3-5-11(9)20-12/h2-5,10,12H,6-8H2,1H3,(H,15,16)(H,17,18)/t10-,12+/m1/s1. The largest absolute Gasteiger partial charge is 0.480 e. The maximum Gasteiger partial charge on any atom is 0.326 e. The van der Waals surface area contributed by atoms with Gasteiger partial charge in [0.1, 0.15) is 11.8 Å². The highest BCUT2D eigenvalue weighted by Crippen LogP contribution is 2.28. The second-order valence-corrected chi connectivity index (χ2v) is 4.60. The van der Waals surface area contributed by atoms with Crippen molar-refractivity contribution in [1.82, 2.24) is 5.32 Å². The van der Waals surface area contributed by atoms with Crippen molar-refractivity contribution in [2.24, 2.45) is 0 Å². The number of aliphatic carboxylic acids is 1. The lowest BCUT2D eigenvalue weighted by atomic mass is 10.1. The van der Waals surface area contributed by atoms with Crippen LogP contribution in [0.3, 0.4) is 0 Å². The molecule has 6 nitrogen and oxygen atoms in total. The number of carboxylic acid groups (broad SMARTS) is 1. The molecule has 6 heteroatoms. The Morgan fingerprint density at radius 2 is 2.25 bits per heavy atom. The number of hydrogen-bond donors (Lipinski definition) is 2. The van der Waals surface area contributed by atoms with Crippen molar-refractivity contribution >= 4 is 11.9 Å². The number of para-hydroxylation sites is 1. The van der Waals surface area contributed by atoms with Crippen LogP contribution in [0.2, 0.25) is 0 Å². The Bertz CT molecular complexity index is 477. The molecule has 0 unspecified atom stereocenters. The van der Waals surface area contributed by atoms with Crippen LogP contribution in [0, 0.1) is 0 Å². The number of fused-ring (bicyclic) bond motifs is 1. The summed E-state index contributed by atoms with van der Waals surface area (Å²) in [7, 11) is 1.48. The molecule has 2 N–H and O–H groups in total. The third kappa shape index (κ3) is 3.27. The van der Waals surface area contributed by atoms with Crippen molar-refractivity contribution in [3.63, 3.8) is 0 Å². The molecule has 1 aliphatic rings. The molecule has 0 aromatic heterocycles. The SMILES string of the molecule is COCC[C@@H](NC(=O)[C@@H]1Cc2ccccc2O1)C(=O)O. The Kier molecular flexibility index (Phi) is 4.57. The summed E-state index contributed by atoms with van der Waals surface area (Å²) in [6.07, 6.45) is 0.00682. The summed E-state index contributed by atoms with van der Waals surface area (Å²) in [5.41, 5.74) is 0.955. The minimum atomic E-state index is -1.08. The van der Waals surface area contributed by atoms with Crippen molar-refractivity contribution in [2.75, 3.05) is 13.7 Å². The average molecular weight is 279 g/mol. The van der Waals surface area contributed by atoms with E-state index in [-0.39, 0.29) is 13.0 Å². The summed E-state index contributed by atoms with van der Waals surface area (Å²) >= 11 is 0. The van der Waals surface area contributed by atoms with Gasteiger partial charge in [-0.1, -0.05) is 18.2 Å². The molecule has 2 atom stereocenters. The Labute approximate surface area is 116 Å². The van der Waals surface area contributed by atoms with E-state index < -0.39 is 24.0 Å². The number of rotatable bonds is 6. The van der Waals surface area contributed by atoms with E-state index in [1.807, 2.05) is 18.2 Å². The van der Waals surface area contributed by atoms with E-state index in [0.717, 1.165) is 5.56 Å². The number of carboxylic acids is 1. The monoisotopic (exact) mass is 279 g/mol. The maximum atomic E-state index is 12.1. The second kappa shape index (κ2) is 6.38. The Morgan fingerprint density at radius 1 is 1.50 bits per heavy atom. The van der Waals surface area contributed by atoms with Gasteiger partial charge in [0.15, 0.2) is 6.10 Å². The molecule has 1 heterocycles.